The van der Waals surface area contributed by atoms with Gasteiger partial charge in [0.15, 0.2) is 0 Å². The Bertz CT molecular complexity index is 826. The van der Waals surface area contributed by atoms with Crippen LogP contribution in [0.3, 0.4) is 0 Å². The number of benzene rings is 1. The van der Waals surface area contributed by atoms with Crippen LogP contribution in [0.15, 0.2) is 23.1 Å². The first-order valence-corrected chi connectivity index (χ1v) is 10.3. The molecule has 1 fully saturated rings. The maximum absolute atomic E-state index is 13.0. The van der Waals surface area contributed by atoms with Crippen LogP contribution in [0.5, 0.6) is 0 Å². The summed E-state index contributed by atoms with van der Waals surface area (Å²) in [5, 5.41) is 9.10. The minimum atomic E-state index is -3.56. The van der Waals surface area contributed by atoms with Crippen molar-refractivity contribution in [2.24, 2.45) is 11.8 Å². The first-order chi connectivity index (χ1) is 12.2. The Hall–Kier alpha value is -1.93. The molecule has 1 amide bonds. The molecule has 0 aromatic heterocycles. The second-order valence-electron chi connectivity index (χ2n) is 7.20. The maximum Gasteiger partial charge on any atom is 0.306 e. The van der Waals surface area contributed by atoms with E-state index in [0.29, 0.717) is 44.3 Å². The molecule has 8 heteroatoms. The molecule has 1 aromatic carbocycles. The fourth-order valence-electron chi connectivity index (χ4n) is 3.77. The van der Waals surface area contributed by atoms with Gasteiger partial charge in [-0.3, -0.25) is 9.59 Å². The minimum absolute atomic E-state index is 0.0213. The van der Waals surface area contributed by atoms with Gasteiger partial charge < -0.3 is 10.0 Å². The van der Waals surface area contributed by atoms with Gasteiger partial charge in [0.25, 0.3) is 0 Å². The zero-order chi connectivity index (χ0) is 19.1. The third-order valence-corrected chi connectivity index (χ3v) is 7.23. The molecule has 1 aromatic rings. The van der Waals surface area contributed by atoms with Crippen LogP contribution in [0, 0.1) is 11.8 Å². The summed E-state index contributed by atoms with van der Waals surface area (Å²) in [7, 11) is -0.602. The van der Waals surface area contributed by atoms with Gasteiger partial charge in [-0.05, 0) is 49.8 Å². The summed E-state index contributed by atoms with van der Waals surface area (Å²) in [5.74, 6) is -1.36. The number of nitrogens with zero attached hydrogens (tertiary/aromatic N) is 2. The zero-order valence-electron chi connectivity index (χ0n) is 15.0. The largest absolute Gasteiger partial charge is 0.481 e. The Morgan fingerprint density at radius 3 is 2.31 bits per heavy atom. The number of carbonyl (C=O) groups is 2. The highest BCUT2D eigenvalue weighted by Crippen LogP contribution is 2.36. The predicted molar refractivity (Wildman–Crippen MR) is 96.5 cm³/mol. The van der Waals surface area contributed by atoms with Crippen LogP contribution in [0.4, 0.5) is 5.69 Å². The second kappa shape index (κ2) is 7.00. The van der Waals surface area contributed by atoms with E-state index in [0.717, 1.165) is 9.87 Å². The summed E-state index contributed by atoms with van der Waals surface area (Å²) in [6.07, 6.45) is 2.87. The molecular formula is C18H24N2O5S. The fourth-order valence-corrected chi connectivity index (χ4v) is 4.69. The lowest BCUT2D eigenvalue weighted by Gasteiger charge is -2.29. The second-order valence-corrected chi connectivity index (χ2v) is 9.36. The van der Waals surface area contributed by atoms with Gasteiger partial charge in [-0.2, -0.15) is 0 Å². The Balaban J connectivity index is 1.81. The summed E-state index contributed by atoms with van der Waals surface area (Å²) in [5.41, 5.74) is 1.63. The van der Waals surface area contributed by atoms with Crippen LogP contribution >= 0.6 is 0 Å². The Kier molecular flexibility index (Phi) is 5.07. The number of hydrogen-bond donors (Lipinski definition) is 1. The number of carboxylic acid groups (broad SMARTS) is 1. The van der Waals surface area contributed by atoms with Gasteiger partial charge in [0.1, 0.15) is 0 Å². The molecule has 1 aliphatic carbocycles. The SMILES string of the molecule is CN(C)S(=O)(=O)c1ccc2c(c1)N(C(=O)C1CCC(C(=O)O)CC1)CC2. The summed E-state index contributed by atoms with van der Waals surface area (Å²) >= 11 is 0. The number of hydrogen-bond acceptors (Lipinski definition) is 4. The van der Waals surface area contributed by atoms with Crippen molar-refractivity contribution in [3.8, 4) is 0 Å². The fraction of sp³-hybridized carbons (Fsp3) is 0.556. The molecule has 1 saturated carbocycles. The normalized spacial score (nSPS) is 23.1. The minimum Gasteiger partial charge on any atom is -0.481 e. The van der Waals surface area contributed by atoms with Gasteiger partial charge in [0, 0.05) is 32.2 Å². The summed E-state index contributed by atoms with van der Waals surface area (Å²) in [6, 6.07) is 4.94. The Labute approximate surface area is 153 Å². The van der Waals surface area contributed by atoms with E-state index in [-0.39, 0.29) is 22.6 Å². The van der Waals surface area contributed by atoms with E-state index in [1.165, 1.54) is 14.1 Å². The molecule has 7 nitrogen and oxygen atoms in total. The van der Waals surface area contributed by atoms with Gasteiger partial charge in [0.05, 0.1) is 10.8 Å². The van der Waals surface area contributed by atoms with E-state index in [1.807, 2.05) is 0 Å². The highest BCUT2D eigenvalue weighted by molar-refractivity contribution is 7.89. The molecule has 1 N–H and O–H groups in total. The summed E-state index contributed by atoms with van der Waals surface area (Å²) in [6.45, 7) is 0.540. The molecule has 26 heavy (non-hydrogen) atoms. The van der Waals surface area contributed by atoms with Crippen LogP contribution in [-0.4, -0.2) is 50.3 Å². The Morgan fingerprint density at radius 2 is 1.73 bits per heavy atom. The first kappa shape index (κ1) is 18.8. The molecular weight excluding hydrogens is 356 g/mol. The number of aliphatic carboxylic acids is 1. The van der Waals surface area contributed by atoms with Crippen LogP contribution in [0.2, 0.25) is 0 Å². The molecule has 3 rings (SSSR count). The van der Waals surface area contributed by atoms with E-state index in [9.17, 15) is 18.0 Å². The number of carboxylic acids is 1. The van der Waals surface area contributed by atoms with Crippen molar-refractivity contribution in [1.29, 1.82) is 0 Å². The lowest BCUT2D eigenvalue weighted by Crippen LogP contribution is -2.37. The molecule has 0 unspecified atom stereocenters. The topological polar surface area (TPSA) is 95.0 Å². The average molecular weight is 380 g/mol. The molecule has 1 heterocycles. The maximum atomic E-state index is 13.0. The Morgan fingerprint density at radius 1 is 1.12 bits per heavy atom. The number of rotatable bonds is 4. The van der Waals surface area contributed by atoms with Crippen molar-refractivity contribution in [2.45, 2.75) is 37.0 Å². The highest BCUT2D eigenvalue weighted by atomic mass is 32.2. The zero-order valence-corrected chi connectivity index (χ0v) is 15.8. The predicted octanol–water partition coefficient (Wildman–Crippen LogP) is 1.72. The van der Waals surface area contributed by atoms with Crippen molar-refractivity contribution in [1.82, 2.24) is 4.31 Å². The smallest absolute Gasteiger partial charge is 0.306 e. The van der Waals surface area contributed by atoms with E-state index >= 15 is 0 Å². The van der Waals surface area contributed by atoms with Crippen molar-refractivity contribution in [3.05, 3.63) is 23.8 Å². The van der Waals surface area contributed by atoms with Gasteiger partial charge in [0.2, 0.25) is 15.9 Å². The molecule has 0 atom stereocenters. The van der Waals surface area contributed by atoms with E-state index in [1.54, 1.807) is 23.1 Å². The van der Waals surface area contributed by atoms with Gasteiger partial charge in [-0.1, -0.05) is 6.07 Å². The number of anilines is 1. The van der Waals surface area contributed by atoms with Crippen molar-refractivity contribution < 1.29 is 23.1 Å². The third-order valence-electron chi connectivity index (χ3n) is 5.42. The van der Waals surface area contributed by atoms with Crippen LogP contribution in [0.1, 0.15) is 31.2 Å². The average Bonchev–Trinajstić information content (AvgIpc) is 3.04. The van der Waals surface area contributed by atoms with Crippen molar-refractivity contribution in [3.63, 3.8) is 0 Å². The number of sulfonamides is 1. The van der Waals surface area contributed by atoms with Crippen LogP contribution in [-0.2, 0) is 26.0 Å². The van der Waals surface area contributed by atoms with Crippen LogP contribution < -0.4 is 4.90 Å². The molecule has 0 bridgehead atoms. The standard InChI is InChI=1S/C18H24N2O5S/c1-19(2)26(24,25)15-8-7-12-9-10-20(16(12)11-15)17(21)13-3-5-14(6-4-13)18(22)23/h7-8,11,13-14H,3-6,9-10H2,1-2H3,(H,22,23). The third kappa shape index (κ3) is 3.35. The number of amides is 1. The summed E-state index contributed by atoms with van der Waals surface area (Å²) < 4.78 is 25.9. The van der Waals surface area contributed by atoms with Crippen molar-refractivity contribution in [2.75, 3.05) is 25.5 Å². The van der Waals surface area contributed by atoms with E-state index < -0.39 is 16.0 Å². The number of fused-ring (bicyclic) bond motifs is 1. The monoisotopic (exact) mass is 380 g/mol. The molecule has 2 aliphatic rings. The molecule has 0 saturated heterocycles. The molecule has 0 spiro atoms. The summed E-state index contributed by atoms with van der Waals surface area (Å²) in [4.78, 5) is 25.9. The number of carbonyl (C=O) groups excluding carboxylic acids is 1. The molecule has 1 aliphatic heterocycles. The molecule has 142 valence electrons. The van der Waals surface area contributed by atoms with Gasteiger partial charge in [-0.15, -0.1) is 0 Å². The van der Waals surface area contributed by atoms with Crippen molar-refractivity contribution >= 4 is 27.6 Å². The van der Waals surface area contributed by atoms with Gasteiger partial charge >= 0.3 is 5.97 Å². The van der Waals surface area contributed by atoms with Crippen LogP contribution in [0.25, 0.3) is 0 Å². The lowest BCUT2D eigenvalue weighted by atomic mass is 9.81. The quantitative estimate of drug-likeness (QED) is 0.858. The first-order valence-electron chi connectivity index (χ1n) is 8.81. The van der Waals surface area contributed by atoms with E-state index in [4.69, 9.17) is 5.11 Å². The highest BCUT2D eigenvalue weighted by Gasteiger charge is 2.35. The van der Waals surface area contributed by atoms with E-state index in [2.05, 4.69) is 0 Å². The molecule has 0 radical (unpaired) electrons. The van der Waals surface area contributed by atoms with Gasteiger partial charge in [-0.25, -0.2) is 12.7 Å². The lowest BCUT2D eigenvalue weighted by molar-refractivity contribution is -0.144.